The largest absolute Gasteiger partial charge is 0.494 e. The number of ether oxygens (including phenoxy) is 1. The quantitative estimate of drug-likeness (QED) is 0.685. The smallest absolute Gasteiger partial charge is 0.163 e. The van der Waals surface area contributed by atoms with Crippen LogP contribution in [0.15, 0.2) is 35.5 Å². The Labute approximate surface area is 117 Å². The van der Waals surface area contributed by atoms with E-state index in [9.17, 15) is 0 Å². The van der Waals surface area contributed by atoms with E-state index < -0.39 is 0 Å². The minimum atomic E-state index is 0.511. The zero-order valence-electron chi connectivity index (χ0n) is 11.3. The number of para-hydroxylation sites is 1. The Hall–Kier alpha value is -1.75. The van der Waals surface area contributed by atoms with Crippen LogP contribution in [0.25, 0.3) is 11.4 Å². The van der Waals surface area contributed by atoms with Gasteiger partial charge in [-0.2, -0.15) is 0 Å². The zero-order chi connectivity index (χ0) is 13.8. The SMILES string of the molecule is COc1c(N)cccc1-c1ncc(SC(C)C)cn1. The molecule has 1 aromatic heterocycles. The molecule has 5 heteroatoms. The number of aromatic nitrogens is 2. The van der Waals surface area contributed by atoms with Gasteiger partial charge >= 0.3 is 0 Å². The lowest BCUT2D eigenvalue weighted by molar-refractivity contribution is 0.418. The van der Waals surface area contributed by atoms with Gasteiger partial charge < -0.3 is 10.5 Å². The van der Waals surface area contributed by atoms with E-state index >= 15 is 0 Å². The van der Waals surface area contributed by atoms with Crippen molar-refractivity contribution in [1.82, 2.24) is 9.97 Å². The van der Waals surface area contributed by atoms with Crippen LogP contribution in [0.3, 0.4) is 0 Å². The number of nitrogen functional groups attached to an aromatic ring is 1. The predicted molar refractivity (Wildman–Crippen MR) is 79.4 cm³/mol. The number of benzene rings is 1. The maximum Gasteiger partial charge on any atom is 0.163 e. The molecule has 0 radical (unpaired) electrons. The number of nitrogens with two attached hydrogens (primary N) is 1. The van der Waals surface area contributed by atoms with Gasteiger partial charge in [-0.05, 0) is 12.1 Å². The molecule has 0 amide bonds. The van der Waals surface area contributed by atoms with Gasteiger partial charge in [-0.1, -0.05) is 19.9 Å². The molecule has 0 fully saturated rings. The van der Waals surface area contributed by atoms with Crippen LogP contribution < -0.4 is 10.5 Å². The molecule has 0 aliphatic heterocycles. The van der Waals surface area contributed by atoms with E-state index in [2.05, 4.69) is 23.8 Å². The highest BCUT2D eigenvalue weighted by Gasteiger charge is 2.11. The molecule has 2 rings (SSSR count). The highest BCUT2D eigenvalue weighted by molar-refractivity contribution is 7.99. The summed E-state index contributed by atoms with van der Waals surface area (Å²) < 4.78 is 5.32. The number of anilines is 1. The van der Waals surface area contributed by atoms with E-state index in [1.165, 1.54) is 0 Å². The van der Waals surface area contributed by atoms with Gasteiger partial charge in [-0.3, -0.25) is 0 Å². The van der Waals surface area contributed by atoms with E-state index in [4.69, 9.17) is 10.5 Å². The molecule has 2 N–H and O–H groups in total. The Bertz CT molecular complexity index is 555. The van der Waals surface area contributed by atoms with Crippen LogP contribution in [0.5, 0.6) is 5.75 Å². The Morgan fingerprint density at radius 3 is 2.47 bits per heavy atom. The van der Waals surface area contributed by atoms with Crippen molar-refractivity contribution in [2.24, 2.45) is 0 Å². The Kier molecular flexibility index (Phi) is 4.27. The van der Waals surface area contributed by atoms with Crippen LogP contribution in [0.1, 0.15) is 13.8 Å². The normalized spacial score (nSPS) is 10.7. The van der Waals surface area contributed by atoms with E-state index in [1.54, 1.807) is 24.9 Å². The fourth-order valence-corrected chi connectivity index (χ4v) is 2.52. The molecule has 1 heterocycles. The zero-order valence-corrected chi connectivity index (χ0v) is 12.1. The van der Waals surface area contributed by atoms with Gasteiger partial charge in [-0.25, -0.2) is 9.97 Å². The summed E-state index contributed by atoms with van der Waals surface area (Å²) in [7, 11) is 1.60. The number of thioether (sulfide) groups is 1. The Morgan fingerprint density at radius 2 is 1.89 bits per heavy atom. The standard InChI is InChI=1S/C14H17N3OS/c1-9(2)19-10-7-16-14(17-8-10)11-5-4-6-12(15)13(11)18-3/h4-9H,15H2,1-3H3. The third kappa shape index (κ3) is 3.17. The highest BCUT2D eigenvalue weighted by atomic mass is 32.2. The summed E-state index contributed by atoms with van der Waals surface area (Å²) in [5.41, 5.74) is 7.28. The van der Waals surface area contributed by atoms with E-state index in [0.717, 1.165) is 10.5 Å². The third-order valence-corrected chi connectivity index (χ3v) is 3.44. The van der Waals surface area contributed by atoms with Gasteiger partial charge in [0.05, 0.1) is 18.4 Å². The van der Waals surface area contributed by atoms with Crippen LogP contribution >= 0.6 is 11.8 Å². The molecule has 1 aromatic carbocycles. The lowest BCUT2D eigenvalue weighted by atomic mass is 10.1. The van der Waals surface area contributed by atoms with Crippen LogP contribution in [0.2, 0.25) is 0 Å². The molecular formula is C14H17N3OS. The molecule has 0 bridgehead atoms. The van der Waals surface area contributed by atoms with Gasteiger partial charge in [-0.15, -0.1) is 11.8 Å². The van der Waals surface area contributed by atoms with Crippen molar-refractivity contribution < 1.29 is 4.74 Å². The maximum atomic E-state index is 5.88. The summed E-state index contributed by atoms with van der Waals surface area (Å²) in [6.07, 6.45) is 3.66. The van der Waals surface area contributed by atoms with Crippen molar-refractivity contribution in [2.75, 3.05) is 12.8 Å². The summed E-state index contributed by atoms with van der Waals surface area (Å²) in [4.78, 5) is 9.83. The topological polar surface area (TPSA) is 61.0 Å². The van der Waals surface area contributed by atoms with Crippen LogP contribution in [0.4, 0.5) is 5.69 Å². The highest BCUT2D eigenvalue weighted by Crippen LogP contribution is 2.33. The third-order valence-electron chi connectivity index (χ3n) is 2.49. The molecule has 0 aliphatic carbocycles. The fraction of sp³-hybridized carbons (Fsp3) is 0.286. The molecule has 0 aliphatic rings. The second-order valence-electron chi connectivity index (χ2n) is 4.34. The Morgan fingerprint density at radius 1 is 1.21 bits per heavy atom. The molecule has 0 saturated heterocycles. The average molecular weight is 275 g/mol. The molecule has 4 nitrogen and oxygen atoms in total. The number of methoxy groups -OCH3 is 1. The molecule has 19 heavy (non-hydrogen) atoms. The monoisotopic (exact) mass is 275 g/mol. The molecule has 0 unspecified atom stereocenters. The first-order valence-electron chi connectivity index (χ1n) is 6.03. The Balaban J connectivity index is 2.35. The maximum absolute atomic E-state index is 5.88. The lowest BCUT2D eigenvalue weighted by Gasteiger charge is -2.10. The lowest BCUT2D eigenvalue weighted by Crippen LogP contribution is -1.97. The summed E-state index contributed by atoms with van der Waals surface area (Å²) in [6, 6.07) is 5.57. The molecule has 0 spiro atoms. The van der Waals surface area contributed by atoms with Gasteiger partial charge in [0, 0.05) is 22.5 Å². The summed E-state index contributed by atoms with van der Waals surface area (Å²) in [5.74, 6) is 1.24. The fourth-order valence-electron chi connectivity index (χ4n) is 1.75. The van der Waals surface area contributed by atoms with Gasteiger partial charge in [0.1, 0.15) is 0 Å². The number of hydrogen-bond acceptors (Lipinski definition) is 5. The molecule has 2 aromatic rings. The van der Waals surface area contributed by atoms with Crippen molar-refractivity contribution in [3.63, 3.8) is 0 Å². The first-order chi connectivity index (χ1) is 9.11. The van der Waals surface area contributed by atoms with Crippen molar-refractivity contribution >= 4 is 17.4 Å². The summed E-state index contributed by atoms with van der Waals surface area (Å²) >= 11 is 1.73. The van der Waals surface area contributed by atoms with Gasteiger partial charge in [0.25, 0.3) is 0 Å². The van der Waals surface area contributed by atoms with Gasteiger partial charge in [0.15, 0.2) is 11.6 Å². The van der Waals surface area contributed by atoms with Crippen molar-refractivity contribution in [3.05, 3.63) is 30.6 Å². The molecular weight excluding hydrogens is 258 g/mol. The van der Waals surface area contributed by atoms with Crippen molar-refractivity contribution in [2.45, 2.75) is 24.0 Å². The molecule has 0 saturated carbocycles. The summed E-state index contributed by atoms with van der Waals surface area (Å²) in [6.45, 7) is 4.28. The minimum absolute atomic E-state index is 0.511. The second kappa shape index (κ2) is 5.93. The number of rotatable bonds is 4. The van der Waals surface area contributed by atoms with E-state index in [1.807, 2.05) is 24.5 Å². The number of hydrogen-bond donors (Lipinski definition) is 1. The summed E-state index contributed by atoms with van der Waals surface area (Å²) in [5, 5.41) is 0.511. The predicted octanol–water partition coefficient (Wildman–Crippen LogP) is 3.23. The van der Waals surface area contributed by atoms with Crippen molar-refractivity contribution in [1.29, 1.82) is 0 Å². The molecule has 0 atom stereocenters. The van der Waals surface area contributed by atoms with Crippen LogP contribution in [-0.2, 0) is 0 Å². The van der Waals surface area contributed by atoms with E-state index in [0.29, 0.717) is 22.5 Å². The van der Waals surface area contributed by atoms with Crippen molar-refractivity contribution in [3.8, 4) is 17.1 Å². The minimum Gasteiger partial charge on any atom is -0.494 e. The van der Waals surface area contributed by atoms with Crippen LogP contribution in [0, 0.1) is 0 Å². The van der Waals surface area contributed by atoms with Gasteiger partial charge in [0.2, 0.25) is 0 Å². The number of nitrogens with zero attached hydrogens (tertiary/aromatic N) is 2. The first kappa shape index (κ1) is 13.7. The van der Waals surface area contributed by atoms with E-state index in [-0.39, 0.29) is 0 Å². The molecule has 100 valence electrons. The average Bonchev–Trinajstić information content (AvgIpc) is 2.38. The second-order valence-corrected chi connectivity index (χ2v) is 5.99. The first-order valence-corrected chi connectivity index (χ1v) is 6.91. The van der Waals surface area contributed by atoms with Crippen LogP contribution in [-0.4, -0.2) is 22.3 Å².